The number of aliphatic hydroxyl groups is 1. The molecule has 0 aromatic carbocycles. The van der Waals surface area contributed by atoms with Crippen LogP contribution in [-0.2, 0) is 14.2 Å². The highest BCUT2D eigenvalue weighted by molar-refractivity contribution is 5.45. The minimum Gasteiger partial charge on any atom is -0.387 e. The number of methoxy groups -OCH3 is 3. The summed E-state index contributed by atoms with van der Waals surface area (Å²) in [6, 6.07) is 0. The van der Waals surface area contributed by atoms with Gasteiger partial charge in [-0.3, -0.25) is 0 Å². The molecule has 4 atom stereocenters. The number of hydrogen-bond donors (Lipinski definition) is 1. The molecule has 0 aromatic rings. The molecule has 1 N–H and O–H groups in total. The molecule has 0 aromatic heterocycles. The van der Waals surface area contributed by atoms with E-state index >= 15 is 0 Å². The van der Waals surface area contributed by atoms with Crippen molar-refractivity contribution in [1.29, 1.82) is 0 Å². The molecular weight excluding hydrogens is 328 g/mol. The molecule has 26 heavy (non-hydrogen) atoms. The Morgan fingerprint density at radius 3 is 2.58 bits per heavy atom. The van der Waals surface area contributed by atoms with Crippen LogP contribution in [-0.4, -0.2) is 44.4 Å². The fourth-order valence-corrected chi connectivity index (χ4v) is 6.56. The van der Waals surface area contributed by atoms with Crippen molar-refractivity contribution in [3.63, 3.8) is 0 Å². The smallest absolute Gasteiger partial charge is 0.171 e. The third-order valence-electron chi connectivity index (χ3n) is 8.28. The predicted octanol–water partition coefficient (Wildman–Crippen LogP) is 3.99. The fourth-order valence-electron chi connectivity index (χ4n) is 6.56. The summed E-state index contributed by atoms with van der Waals surface area (Å²) in [6.07, 6.45) is 10.6. The maximum atomic E-state index is 11.3. The third kappa shape index (κ3) is 2.49. The summed E-state index contributed by atoms with van der Waals surface area (Å²) in [5.41, 5.74) is 3.95. The van der Waals surface area contributed by atoms with Crippen molar-refractivity contribution in [3.8, 4) is 0 Å². The molecule has 4 rings (SSSR count). The monoisotopic (exact) mass is 362 g/mol. The fraction of sp³-hybridized carbons (Fsp3) is 0.818. The van der Waals surface area contributed by atoms with E-state index in [1.165, 1.54) is 12.0 Å². The first-order valence-corrected chi connectivity index (χ1v) is 10.1. The summed E-state index contributed by atoms with van der Waals surface area (Å²) in [5, 5.41) is 11.3. The van der Waals surface area contributed by atoms with E-state index < -0.39 is 11.4 Å². The van der Waals surface area contributed by atoms with Crippen LogP contribution in [0, 0.1) is 17.3 Å². The Morgan fingerprint density at radius 1 is 1.12 bits per heavy atom. The first-order valence-electron chi connectivity index (χ1n) is 10.1. The van der Waals surface area contributed by atoms with Gasteiger partial charge in [-0.05, 0) is 61.5 Å². The summed E-state index contributed by atoms with van der Waals surface area (Å²) < 4.78 is 16.9. The Hall–Kier alpha value is -0.680. The lowest BCUT2D eigenvalue weighted by Gasteiger charge is -2.51. The zero-order valence-corrected chi connectivity index (χ0v) is 16.8. The van der Waals surface area contributed by atoms with Gasteiger partial charge in [0.05, 0.1) is 12.2 Å². The molecule has 0 saturated heterocycles. The van der Waals surface area contributed by atoms with Gasteiger partial charge >= 0.3 is 0 Å². The second-order valence-electron chi connectivity index (χ2n) is 9.11. The highest BCUT2D eigenvalue weighted by Gasteiger charge is 2.60. The standard InChI is InChI=1S/C22H34O4/c1-20-10-7-17-16-8-12-22(25-3,26-4)13-15(16)5-6-18(17)19(20)9-11-21(20,23)14-24-2/h7,18-19,23H,5-6,8-14H2,1-4H3/t18-,19+,20+,21?/m1/s1. The van der Waals surface area contributed by atoms with Crippen LogP contribution in [0.5, 0.6) is 0 Å². The molecule has 0 spiro atoms. The maximum absolute atomic E-state index is 11.3. The number of rotatable bonds is 4. The molecule has 4 aliphatic rings. The van der Waals surface area contributed by atoms with Crippen LogP contribution < -0.4 is 0 Å². The highest BCUT2D eigenvalue weighted by atomic mass is 16.7. The van der Waals surface area contributed by atoms with E-state index in [2.05, 4.69) is 13.0 Å². The van der Waals surface area contributed by atoms with E-state index in [4.69, 9.17) is 14.2 Å². The van der Waals surface area contributed by atoms with Crippen molar-refractivity contribution in [2.75, 3.05) is 27.9 Å². The van der Waals surface area contributed by atoms with Crippen molar-refractivity contribution in [2.24, 2.45) is 17.3 Å². The van der Waals surface area contributed by atoms with Gasteiger partial charge in [-0.1, -0.05) is 18.6 Å². The molecule has 0 aliphatic heterocycles. The number of ether oxygens (including phenoxy) is 3. The van der Waals surface area contributed by atoms with Crippen LogP contribution in [0.15, 0.2) is 22.8 Å². The predicted molar refractivity (Wildman–Crippen MR) is 101 cm³/mol. The first-order chi connectivity index (χ1) is 12.4. The number of hydrogen-bond acceptors (Lipinski definition) is 4. The lowest BCUT2D eigenvalue weighted by molar-refractivity contribution is -0.212. The van der Waals surface area contributed by atoms with E-state index in [1.807, 2.05) is 0 Å². The zero-order valence-electron chi connectivity index (χ0n) is 16.8. The van der Waals surface area contributed by atoms with Gasteiger partial charge in [-0.15, -0.1) is 0 Å². The van der Waals surface area contributed by atoms with E-state index in [0.29, 0.717) is 18.4 Å². The van der Waals surface area contributed by atoms with E-state index in [9.17, 15) is 5.11 Å². The Morgan fingerprint density at radius 2 is 1.88 bits per heavy atom. The third-order valence-corrected chi connectivity index (χ3v) is 8.28. The minimum atomic E-state index is -0.684. The Labute approximate surface area is 157 Å². The normalized spacial score (nSPS) is 41.3. The van der Waals surface area contributed by atoms with Crippen molar-refractivity contribution in [3.05, 3.63) is 22.8 Å². The molecule has 146 valence electrons. The van der Waals surface area contributed by atoms with E-state index in [1.54, 1.807) is 32.5 Å². The molecule has 1 fully saturated rings. The second kappa shape index (κ2) is 6.44. The molecule has 1 saturated carbocycles. The molecule has 0 radical (unpaired) electrons. The molecule has 4 nitrogen and oxygen atoms in total. The van der Waals surface area contributed by atoms with Crippen LogP contribution in [0.4, 0.5) is 0 Å². The van der Waals surface area contributed by atoms with Crippen molar-refractivity contribution in [2.45, 2.75) is 69.7 Å². The van der Waals surface area contributed by atoms with E-state index in [0.717, 1.165) is 44.9 Å². The van der Waals surface area contributed by atoms with Crippen LogP contribution in [0.1, 0.15) is 58.3 Å². The van der Waals surface area contributed by atoms with Gasteiger partial charge < -0.3 is 19.3 Å². The summed E-state index contributed by atoms with van der Waals surface area (Å²) in [6.45, 7) is 2.75. The molecule has 0 amide bonds. The Balaban J connectivity index is 1.65. The van der Waals surface area contributed by atoms with Gasteiger partial charge in [0.15, 0.2) is 5.79 Å². The summed E-state index contributed by atoms with van der Waals surface area (Å²) >= 11 is 0. The van der Waals surface area contributed by atoms with Crippen LogP contribution in [0.25, 0.3) is 0 Å². The van der Waals surface area contributed by atoms with Crippen LogP contribution >= 0.6 is 0 Å². The largest absolute Gasteiger partial charge is 0.387 e. The summed E-state index contributed by atoms with van der Waals surface area (Å²) in [5.74, 6) is 0.728. The van der Waals surface area contributed by atoms with Gasteiger partial charge in [0.25, 0.3) is 0 Å². The topological polar surface area (TPSA) is 47.9 Å². The van der Waals surface area contributed by atoms with Gasteiger partial charge in [0.2, 0.25) is 0 Å². The van der Waals surface area contributed by atoms with Crippen LogP contribution in [0.2, 0.25) is 0 Å². The van der Waals surface area contributed by atoms with Gasteiger partial charge in [-0.2, -0.15) is 0 Å². The van der Waals surface area contributed by atoms with Crippen molar-refractivity contribution in [1.82, 2.24) is 0 Å². The molecule has 0 bridgehead atoms. The number of fused-ring (bicyclic) bond motifs is 4. The number of allylic oxidation sites excluding steroid dienone is 3. The first kappa shape index (κ1) is 18.7. The van der Waals surface area contributed by atoms with Crippen molar-refractivity contribution >= 4 is 0 Å². The second-order valence-corrected chi connectivity index (χ2v) is 9.11. The quantitative estimate of drug-likeness (QED) is 0.768. The van der Waals surface area contributed by atoms with Gasteiger partial charge in [0.1, 0.15) is 0 Å². The van der Waals surface area contributed by atoms with Gasteiger partial charge in [0, 0.05) is 39.6 Å². The average Bonchev–Trinajstić information content (AvgIpc) is 2.92. The molecule has 1 unspecified atom stereocenters. The molecule has 4 heteroatoms. The Bertz CT molecular complexity index is 632. The van der Waals surface area contributed by atoms with E-state index in [-0.39, 0.29) is 5.41 Å². The van der Waals surface area contributed by atoms with Crippen LogP contribution in [0.3, 0.4) is 0 Å². The van der Waals surface area contributed by atoms with Gasteiger partial charge in [-0.25, -0.2) is 0 Å². The summed E-state index contributed by atoms with van der Waals surface area (Å²) in [4.78, 5) is 0. The summed E-state index contributed by atoms with van der Waals surface area (Å²) in [7, 11) is 5.23. The average molecular weight is 363 g/mol. The maximum Gasteiger partial charge on any atom is 0.171 e. The molecule has 4 aliphatic carbocycles. The minimum absolute atomic E-state index is 0.0628. The molecule has 0 heterocycles. The molecular formula is C22H34O4. The Kier molecular flexibility index (Phi) is 4.62. The SMILES string of the molecule is COCC1(O)CC[C@H]2[C@@H]3CCC4=C(CCC(OC)(OC)C4)C3=CC[C@@]21C. The zero-order chi connectivity index (χ0) is 18.6. The lowest BCUT2D eigenvalue weighted by Crippen LogP contribution is -2.51. The highest BCUT2D eigenvalue weighted by Crippen LogP contribution is 2.62. The van der Waals surface area contributed by atoms with Crippen molar-refractivity contribution < 1.29 is 19.3 Å². The lowest BCUT2D eigenvalue weighted by atomic mass is 9.56.